The second-order valence-corrected chi connectivity index (χ2v) is 3.37. The fraction of sp³-hybridized carbons (Fsp3) is 0.444. The van der Waals surface area contributed by atoms with E-state index in [0.29, 0.717) is 18.1 Å². The van der Waals surface area contributed by atoms with Gasteiger partial charge in [-0.1, -0.05) is 0 Å². The Hall–Kier alpha value is -1.89. The molecule has 0 aliphatic rings. The van der Waals surface area contributed by atoms with Gasteiger partial charge < -0.3 is 20.3 Å². The maximum Gasteiger partial charge on any atom is 0.226 e. The molecule has 0 aliphatic carbocycles. The maximum absolute atomic E-state index is 8.92. The average Bonchev–Trinajstić information content (AvgIpc) is 2.75. The lowest BCUT2D eigenvalue weighted by atomic mass is 10.4. The molecule has 86 valence electrons. The molecule has 2 heterocycles. The van der Waals surface area contributed by atoms with E-state index in [4.69, 9.17) is 5.11 Å². The molecule has 2 aromatic rings. The first-order valence-corrected chi connectivity index (χ1v) is 4.97. The molecule has 2 rings (SSSR count). The van der Waals surface area contributed by atoms with Crippen molar-refractivity contribution in [1.82, 2.24) is 19.9 Å². The van der Waals surface area contributed by atoms with Crippen LogP contribution in [0.25, 0.3) is 11.2 Å². The van der Waals surface area contributed by atoms with Gasteiger partial charge in [0.05, 0.1) is 12.9 Å². The van der Waals surface area contributed by atoms with Gasteiger partial charge in [0.25, 0.3) is 0 Å². The van der Waals surface area contributed by atoms with E-state index in [2.05, 4.69) is 25.3 Å². The van der Waals surface area contributed by atoms with Gasteiger partial charge in [0.1, 0.15) is 5.52 Å². The van der Waals surface area contributed by atoms with Crippen molar-refractivity contribution in [2.45, 2.75) is 0 Å². The minimum Gasteiger partial charge on any atom is -0.395 e. The van der Waals surface area contributed by atoms with Crippen LogP contribution in [0.2, 0.25) is 0 Å². The van der Waals surface area contributed by atoms with Crippen molar-refractivity contribution in [2.24, 2.45) is 0 Å². The van der Waals surface area contributed by atoms with E-state index >= 15 is 0 Å². The first-order valence-electron chi connectivity index (χ1n) is 4.97. The van der Waals surface area contributed by atoms with Crippen molar-refractivity contribution in [3.63, 3.8) is 0 Å². The Kier molecular flexibility index (Phi) is 2.86. The molecule has 0 saturated carbocycles. The molecule has 7 nitrogen and oxygen atoms in total. The molecule has 7 heteroatoms. The SMILES string of the molecule is CNc1nc(N(C)CCO)c2[nH]cnc2n1. The Morgan fingerprint density at radius 1 is 1.50 bits per heavy atom. The summed E-state index contributed by atoms with van der Waals surface area (Å²) in [7, 11) is 3.61. The third-order valence-corrected chi connectivity index (χ3v) is 2.29. The van der Waals surface area contributed by atoms with E-state index in [1.54, 1.807) is 13.4 Å². The number of nitrogens with zero attached hydrogens (tertiary/aromatic N) is 4. The van der Waals surface area contributed by atoms with Gasteiger partial charge in [0.2, 0.25) is 5.95 Å². The summed E-state index contributed by atoms with van der Waals surface area (Å²) in [6.07, 6.45) is 1.58. The number of aliphatic hydroxyl groups excluding tert-OH is 1. The zero-order valence-corrected chi connectivity index (χ0v) is 9.23. The van der Waals surface area contributed by atoms with Crippen LogP contribution in [0.4, 0.5) is 11.8 Å². The molecule has 0 saturated heterocycles. The minimum atomic E-state index is 0.0744. The maximum atomic E-state index is 8.92. The Morgan fingerprint density at radius 3 is 3.00 bits per heavy atom. The lowest BCUT2D eigenvalue weighted by Crippen LogP contribution is -2.23. The van der Waals surface area contributed by atoms with E-state index in [1.807, 2.05) is 11.9 Å². The topological polar surface area (TPSA) is 90.0 Å². The number of imidazole rings is 1. The summed E-state index contributed by atoms with van der Waals surface area (Å²) in [5, 5.41) is 11.8. The van der Waals surface area contributed by atoms with Crippen molar-refractivity contribution in [1.29, 1.82) is 0 Å². The molecule has 0 radical (unpaired) electrons. The van der Waals surface area contributed by atoms with Crippen LogP contribution in [0, 0.1) is 0 Å². The number of anilines is 2. The van der Waals surface area contributed by atoms with Gasteiger partial charge in [-0.25, -0.2) is 4.98 Å². The molecule has 0 bridgehead atoms. The summed E-state index contributed by atoms with van der Waals surface area (Å²) >= 11 is 0. The molecule has 0 amide bonds. The number of H-pyrrole nitrogens is 1. The predicted molar refractivity (Wildman–Crippen MR) is 61.6 cm³/mol. The molecule has 0 unspecified atom stereocenters. The summed E-state index contributed by atoms with van der Waals surface area (Å²) in [5.41, 5.74) is 1.38. The highest BCUT2D eigenvalue weighted by Gasteiger charge is 2.12. The van der Waals surface area contributed by atoms with Crippen LogP contribution in [-0.4, -0.2) is 52.3 Å². The molecule has 0 atom stereocenters. The Labute approximate surface area is 92.5 Å². The second-order valence-electron chi connectivity index (χ2n) is 3.37. The fourth-order valence-electron chi connectivity index (χ4n) is 1.46. The molecular formula is C9H14N6O. The summed E-state index contributed by atoms with van der Waals surface area (Å²) in [6.45, 7) is 0.583. The summed E-state index contributed by atoms with van der Waals surface area (Å²) in [4.78, 5) is 17.5. The van der Waals surface area contributed by atoms with Gasteiger partial charge in [-0.05, 0) is 0 Å². The smallest absolute Gasteiger partial charge is 0.226 e. The van der Waals surface area contributed by atoms with Gasteiger partial charge in [-0.2, -0.15) is 9.97 Å². The van der Waals surface area contributed by atoms with Crippen LogP contribution in [-0.2, 0) is 0 Å². The largest absolute Gasteiger partial charge is 0.395 e. The number of hydrogen-bond acceptors (Lipinski definition) is 6. The minimum absolute atomic E-state index is 0.0744. The normalized spacial score (nSPS) is 10.7. The van der Waals surface area contributed by atoms with Crippen LogP contribution >= 0.6 is 0 Å². The van der Waals surface area contributed by atoms with Gasteiger partial charge in [0.15, 0.2) is 11.5 Å². The molecule has 3 N–H and O–H groups in total. The number of aromatic amines is 1. The Bertz CT molecular complexity index is 482. The third-order valence-electron chi connectivity index (χ3n) is 2.29. The third kappa shape index (κ3) is 1.76. The number of hydrogen-bond donors (Lipinski definition) is 3. The van der Waals surface area contributed by atoms with Crippen molar-refractivity contribution in [3.05, 3.63) is 6.33 Å². The molecule has 0 fully saturated rings. The highest BCUT2D eigenvalue weighted by Crippen LogP contribution is 2.20. The summed E-state index contributed by atoms with van der Waals surface area (Å²) < 4.78 is 0. The number of likely N-dealkylation sites (N-methyl/N-ethyl adjacent to an activating group) is 1. The highest BCUT2D eigenvalue weighted by atomic mass is 16.3. The number of rotatable bonds is 4. The number of aromatic nitrogens is 4. The molecule has 0 aromatic carbocycles. The Balaban J connectivity index is 2.51. The van der Waals surface area contributed by atoms with Gasteiger partial charge in [-0.15, -0.1) is 0 Å². The van der Waals surface area contributed by atoms with Crippen LogP contribution in [0.1, 0.15) is 0 Å². The summed E-state index contributed by atoms with van der Waals surface area (Å²) in [6, 6.07) is 0. The molecular weight excluding hydrogens is 208 g/mol. The number of nitrogens with one attached hydrogen (secondary N) is 2. The van der Waals surface area contributed by atoms with Gasteiger partial charge in [-0.3, -0.25) is 0 Å². The fourth-order valence-corrected chi connectivity index (χ4v) is 1.46. The van der Waals surface area contributed by atoms with Crippen LogP contribution in [0.5, 0.6) is 0 Å². The monoisotopic (exact) mass is 222 g/mol. The summed E-state index contributed by atoms with van der Waals surface area (Å²) in [5.74, 6) is 1.24. The van der Waals surface area contributed by atoms with Crippen molar-refractivity contribution in [2.75, 3.05) is 37.5 Å². The first kappa shape index (κ1) is 10.6. The standard InChI is InChI=1S/C9H14N6O/c1-10-9-13-7-6(11-5-12-7)8(14-9)15(2)3-4-16/h5,16H,3-4H2,1-2H3,(H2,10,11,12,13,14). The molecule has 0 spiro atoms. The second kappa shape index (κ2) is 4.31. The molecule has 0 aliphatic heterocycles. The van der Waals surface area contributed by atoms with E-state index in [1.165, 1.54) is 0 Å². The van der Waals surface area contributed by atoms with Crippen molar-refractivity contribution < 1.29 is 5.11 Å². The van der Waals surface area contributed by atoms with Crippen LogP contribution in [0.15, 0.2) is 6.33 Å². The van der Waals surface area contributed by atoms with Gasteiger partial charge >= 0.3 is 0 Å². The molecule has 2 aromatic heterocycles. The van der Waals surface area contributed by atoms with Gasteiger partial charge in [0, 0.05) is 20.6 Å². The lowest BCUT2D eigenvalue weighted by molar-refractivity contribution is 0.304. The van der Waals surface area contributed by atoms with Crippen molar-refractivity contribution in [3.8, 4) is 0 Å². The number of aliphatic hydroxyl groups is 1. The Morgan fingerprint density at radius 2 is 2.31 bits per heavy atom. The van der Waals surface area contributed by atoms with E-state index in [9.17, 15) is 0 Å². The van der Waals surface area contributed by atoms with E-state index in [0.717, 1.165) is 11.3 Å². The van der Waals surface area contributed by atoms with E-state index < -0.39 is 0 Å². The van der Waals surface area contributed by atoms with E-state index in [-0.39, 0.29) is 6.61 Å². The predicted octanol–water partition coefficient (Wildman–Crippen LogP) is -0.177. The van der Waals surface area contributed by atoms with Crippen LogP contribution in [0.3, 0.4) is 0 Å². The number of fused-ring (bicyclic) bond motifs is 1. The zero-order valence-electron chi connectivity index (χ0n) is 9.23. The highest BCUT2D eigenvalue weighted by molar-refractivity contribution is 5.84. The van der Waals surface area contributed by atoms with Crippen molar-refractivity contribution >= 4 is 22.9 Å². The average molecular weight is 222 g/mol. The lowest BCUT2D eigenvalue weighted by Gasteiger charge is -2.17. The quantitative estimate of drug-likeness (QED) is 0.665. The van der Waals surface area contributed by atoms with Crippen LogP contribution < -0.4 is 10.2 Å². The molecule has 16 heavy (non-hydrogen) atoms. The zero-order chi connectivity index (χ0) is 11.5. The first-order chi connectivity index (χ1) is 7.76.